The fourth-order valence-corrected chi connectivity index (χ4v) is 6.64. The quantitative estimate of drug-likeness (QED) is 0.215. The summed E-state index contributed by atoms with van der Waals surface area (Å²) < 4.78 is 10.7. The molecule has 6 heteroatoms. The van der Waals surface area contributed by atoms with E-state index in [9.17, 15) is 0 Å². The molecule has 5 aromatic heterocycles. The Morgan fingerprint density at radius 1 is 0.512 bits per heavy atom. The molecule has 10 aromatic rings. The third-order valence-electron chi connectivity index (χ3n) is 8.52. The van der Waals surface area contributed by atoms with Crippen molar-refractivity contribution in [3.63, 3.8) is 0 Å². The molecule has 0 amide bonds. The first-order valence-corrected chi connectivity index (χ1v) is 14.3. The fraction of sp³-hybridized carbons (Fsp3) is 0. The van der Waals surface area contributed by atoms with Crippen LogP contribution in [0.5, 0.6) is 0 Å². The highest BCUT2D eigenvalue weighted by atomic mass is 16.3. The van der Waals surface area contributed by atoms with Gasteiger partial charge in [-0.1, -0.05) is 72.8 Å². The summed E-state index contributed by atoms with van der Waals surface area (Å²) in [5, 5.41) is 4.36. The SMILES string of the molecule is c1ccc2nc(-n3c4ccccc4c4cn5c(cc43)nc3ccccc35)c(-c3cccc4oc5ccccc5c34)nc2c1. The summed E-state index contributed by atoms with van der Waals surface area (Å²) >= 11 is 0. The minimum atomic E-state index is 0.767. The predicted molar refractivity (Wildman–Crippen MR) is 173 cm³/mol. The van der Waals surface area contributed by atoms with Gasteiger partial charge >= 0.3 is 0 Å². The lowest BCUT2D eigenvalue weighted by molar-refractivity contribution is 0.669. The molecule has 10 rings (SSSR count). The Labute approximate surface area is 244 Å². The van der Waals surface area contributed by atoms with Crippen LogP contribution in [-0.4, -0.2) is 23.9 Å². The van der Waals surface area contributed by atoms with Gasteiger partial charge in [-0.15, -0.1) is 0 Å². The molecule has 5 heterocycles. The van der Waals surface area contributed by atoms with Crippen LogP contribution in [0.4, 0.5) is 0 Å². The maximum Gasteiger partial charge on any atom is 0.165 e. The number of benzene rings is 5. The smallest absolute Gasteiger partial charge is 0.165 e. The molecule has 0 aliphatic rings. The zero-order valence-electron chi connectivity index (χ0n) is 22.8. The number of aromatic nitrogens is 5. The Kier molecular flexibility index (Phi) is 4.36. The molecule has 5 aromatic carbocycles. The maximum absolute atomic E-state index is 6.28. The molecule has 43 heavy (non-hydrogen) atoms. The van der Waals surface area contributed by atoms with Gasteiger partial charge in [0.25, 0.3) is 0 Å². The minimum Gasteiger partial charge on any atom is -0.456 e. The van der Waals surface area contributed by atoms with Crippen LogP contribution in [0.2, 0.25) is 0 Å². The second-order valence-corrected chi connectivity index (χ2v) is 10.9. The van der Waals surface area contributed by atoms with E-state index in [2.05, 4.69) is 75.8 Å². The zero-order valence-corrected chi connectivity index (χ0v) is 22.8. The van der Waals surface area contributed by atoms with Gasteiger partial charge in [0.2, 0.25) is 0 Å². The average molecular weight is 552 g/mol. The Morgan fingerprint density at radius 3 is 2.09 bits per heavy atom. The second-order valence-electron chi connectivity index (χ2n) is 10.9. The van der Waals surface area contributed by atoms with E-state index in [1.165, 1.54) is 0 Å². The van der Waals surface area contributed by atoms with Gasteiger partial charge in [0.1, 0.15) is 22.5 Å². The fourth-order valence-electron chi connectivity index (χ4n) is 6.64. The number of hydrogen-bond acceptors (Lipinski definition) is 4. The van der Waals surface area contributed by atoms with Gasteiger partial charge in [0, 0.05) is 39.4 Å². The van der Waals surface area contributed by atoms with Gasteiger partial charge in [0.05, 0.1) is 33.1 Å². The molecule has 0 atom stereocenters. The van der Waals surface area contributed by atoms with Crippen LogP contribution >= 0.6 is 0 Å². The molecule has 0 saturated carbocycles. The molecule has 0 N–H and O–H groups in total. The lowest BCUT2D eigenvalue weighted by Gasteiger charge is -2.14. The first-order chi connectivity index (χ1) is 21.3. The van der Waals surface area contributed by atoms with E-state index < -0.39 is 0 Å². The molecule has 0 spiro atoms. The molecule has 0 unspecified atom stereocenters. The van der Waals surface area contributed by atoms with Crippen molar-refractivity contribution in [1.82, 2.24) is 23.9 Å². The van der Waals surface area contributed by atoms with Gasteiger partial charge in [-0.3, -0.25) is 8.97 Å². The standard InChI is InChI=1S/C37H21N5O/c1-6-16-29-22(10-1)25-21-41-30-17-7-5-15-28(30)38-34(41)20-31(25)42(29)37-36(39-26-13-3-4-14-27(26)40-37)24-12-9-19-33-35(24)23-11-2-8-18-32(23)43-33/h1-21H. The van der Waals surface area contributed by atoms with Crippen molar-refractivity contribution in [2.45, 2.75) is 0 Å². The first-order valence-electron chi connectivity index (χ1n) is 14.3. The third kappa shape index (κ3) is 3.09. The molecule has 0 bridgehead atoms. The lowest BCUT2D eigenvalue weighted by Crippen LogP contribution is -2.04. The van der Waals surface area contributed by atoms with Crippen LogP contribution in [-0.2, 0) is 0 Å². The predicted octanol–water partition coefficient (Wildman–Crippen LogP) is 9.09. The highest BCUT2D eigenvalue weighted by Gasteiger charge is 2.23. The number of rotatable bonds is 2. The van der Waals surface area contributed by atoms with E-state index in [-0.39, 0.29) is 0 Å². The lowest BCUT2D eigenvalue weighted by atomic mass is 10.0. The second kappa shape index (κ2) is 8.27. The number of imidazole rings is 1. The van der Waals surface area contributed by atoms with Gasteiger partial charge in [-0.05, 0) is 42.5 Å². The topological polar surface area (TPSA) is 61.2 Å². The van der Waals surface area contributed by atoms with Crippen LogP contribution in [0.1, 0.15) is 0 Å². The largest absolute Gasteiger partial charge is 0.456 e. The van der Waals surface area contributed by atoms with Crippen LogP contribution in [0.3, 0.4) is 0 Å². The van der Waals surface area contributed by atoms with E-state index in [4.69, 9.17) is 19.4 Å². The van der Waals surface area contributed by atoms with Crippen molar-refractivity contribution in [2.75, 3.05) is 0 Å². The van der Waals surface area contributed by atoms with Crippen molar-refractivity contribution in [1.29, 1.82) is 0 Å². The maximum atomic E-state index is 6.28. The van der Waals surface area contributed by atoms with Crippen molar-refractivity contribution in [2.24, 2.45) is 0 Å². The highest BCUT2D eigenvalue weighted by molar-refractivity contribution is 6.14. The Morgan fingerprint density at radius 2 is 1.21 bits per heavy atom. The highest BCUT2D eigenvalue weighted by Crippen LogP contribution is 2.41. The van der Waals surface area contributed by atoms with Crippen LogP contribution < -0.4 is 0 Å². The summed E-state index contributed by atoms with van der Waals surface area (Å²) in [5.41, 5.74) is 10.2. The monoisotopic (exact) mass is 551 g/mol. The van der Waals surface area contributed by atoms with Gasteiger partial charge in [-0.2, -0.15) is 0 Å². The van der Waals surface area contributed by atoms with Crippen LogP contribution in [0.15, 0.2) is 132 Å². The summed E-state index contributed by atoms with van der Waals surface area (Å²) in [7, 11) is 0. The molecule has 0 aliphatic heterocycles. The molecule has 0 radical (unpaired) electrons. The Bertz CT molecular complexity index is 2750. The minimum absolute atomic E-state index is 0.767. The zero-order chi connectivity index (χ0) is 28.1. The van der Waals surface area contributed by atoms with Crippen molar-refractivity contribution in [3.8, 4) is 17.1 Å². The van der Waals surface area contributed by atoms with E-state index >= 15 is 0 Å². The number of hydrogen-bond donors (Lipinski definition) is 0. The summed E-state index contributed by atoms with van der Waals surface area (Å²) in [6.07, 6.45) is 2.21. The first kappa shape index (κ1) is 22.7. The number of furan rings is 1. The van der Waals surface area contributed by atoms with Gasteiger partial charge in [0.15, 0.2) is 5.82 Å². The molecule has 0 saturated heterocycles. The molecule has 6 nitrogen and oxygen atoms in total. The van der Waals surface area contributed by atoms with Crippen molar-refractivity contribution in [3.05, 3.63) is 128 Å². The van der Waals surface area contributed by atoms with E-state index in [0.717, 1.165) is 88.5 Å². The van der Waals surface area contributed by atoms with Crippen LogP contribution in [0.25, 0.3) is 88.5 Å². The summed E-state index contributed by atoms with van der Waals surface area (Å²) in [6, 6.07) is 41.4. The van der Waals surface area contributed by atoms with E-state index in [1.54, 1.807) is 0 Å². The molecule has 0 fully saturated rings. The van der Waals surface area contributed by atoms with Crippen molar-refractivity contribution < 1.29 is 4.42 Å². The van der Waals surface area contributed by atoms with Gasteiger partial charge in [-0.25, -0.2) is 15.0 Å². The molecule has 200 valence electrons. The molecule has 0 aliphatic carbocycles. The van der Waals surface area contributed by atoms with Crippen molar-refractivity contribution >= 4 is 71.5 Å². The molecular formula is C37H21N5O. The average Bonchev–Trinajstić information content (AvgIpc) is 3.72. The third-order valence-corrected chi connectivity index (χ3v) is 8.52. The number of nitrogens with zero attached hydrogens (tertiary/aromatic N) is 5. The summed E-state index contributed by atoms with van der Waals surface area (Å²) in [4.78, 5) is 15.6. The van der Waals surface area contributed by atoms with E-state index in [0.29, 0.717) is 0 Å². The Balaban J connectivity index is 1.39. The van der Waals surface area contributed by atoms with Gasteiger partial charge < -0.3 is 4.42 Å². The number of pyridine rings is 1. The number of para-hydroxylation sites is 6. The van der Waals surface area contributed by atoms with E-state index in [1.807, 2.05) is 60.7 Å². The molecular weight excluding hydrogens is 530 g/mol. The summed E-state index contributed by atoms with van der Waals surface area (Å²) in [5.74, 6) is 0.767. The normalized spacial score (nSPS) is 12.2. The Hall–Kier alpha value is -6.01. The number of fused-ring (bicyclic) bond motifs is 10. The summed E-state index contributed by atoms with van der Waals surface area (Å²) in [6.45, 7) is 0. The van der Waals surface area contributed by atoms with Crippen LogP contribution in [0, 0.1) is 0 Å².